The van der Waals surface area contributed by atoms with Crippen molar-refractivity contribution in [1.82, 2.24) is 9.62 Å². The number of sulfonamides is 1. The van der Waals surface area contributed by atoms with Crippen LogP contribution < -0.4 is 9.46 Å². The first-order chi connectivity index (χ1) is 14.4. The Balaban J connectivity index is 1.54. The molecule has 2 aliphatic heterocycles. The Bertz CT molecular complexity index is 859. The molecule has 166 valence electrons. The van der Waals surface area contributed by atoms with Gasteiger partial charge >= 0.3 is 0 Å². The Morgan fingerprint density at radius 1 is 1.17 bits per heavy atom. The van der Waals surface area contributed by atoms with Crippen molar-refractivity contribution in [3.05, 3.63) is 29.8 Å². The molecule has 0 aromatic heterocycles. The van der Waals surface area contributed by atoms with Gasteiger partial charge in [-0.15, -0.1) is 0 Å². The third-order valence-corrected chi connectivity index (χ3v) is 7.22. The molecule has 0 spiro atoms. The van der Waals surface area contributed by atoms with Crippen molar-refractivity contribution < 1.29 is 22.7 Å². The molecule has 1 aliphatic carbocycles. The van der Waals surface area contributed by atoms with Crippen molar-refractivity contribution in [2.75, 3.05) is 26.0 Å². The number of hydrogen-bond acceptors (Lipinski definition) is 5. The highest BCUT2D eigenvalue weighted by Gasteiger charge is 2.37. The van der Waals surface area contributed by atoms with Crippen molar-refractivity contribution >= 4 is 15.9 Å². The van der Waals surface area contributed by atoms with Crippen LogP contribution in [0.25, 0.3) is 0 Å². The molecule has 1 amide bonds. The highest BCUT2D eigenvalue weighted by atomic mass is 32.2. The lowest BCUT2D eigenvalue weighted by Gasteiger charge is -2.41. The summed E-state index contributed by atoms with van der Waals surface area (Å²) in [6.07, 6.45) is 6.78. The van der Waals surface area contributed by atoms with E-state index >= 15 is 0 Å². The van der Waals surface area contributed by atoms with Gasteiger partial charge in [-0.25, -0.2) is 13.1 Å². The van der Waals surface area contributed by atoms with E-state index < -0.39 is 10.0 Å². The molecule has 7 nitrogen and oxygen atoms in total. The lowest BCUT2D eigenvalue weighted by molar-refractivity contribution is -0.138. The van der Waals surface area contributed by atoms with Crippen molar-refractivity contribution in [3.8, 4) is 5.75 Å². The number of nitrogens with one attached hydrogen (secondary N) is 1. The second-order valence-electron chi connectivity index (χ2n) is 8.78. The van der Waals surface area contributed by atoms with E-state index in [1.165, 1.54) is 11.8 Å². The lowest BCUT2D eigenvalue weighted by Crippen LogP contribution is -2.59. The number of ether oxygens (including phenoxy) is 2. The van der Waals surface area contributed by atoms with E-state index in [0.717, 1.165) is 31.4 Å². The monoisotopic (exact) mass is 436 g/mol. The zero-order valence-corrected chi connectivity index (χ0v) is 18.4. The molecule has 1 saturated carbocycles. The van der Waals surface area contributed by atoms with Crippen LogP contribution in [0, 0.1) is 0 Å². The first-order valence-electron chi connectivity index (χ1n) is 11.0. The van der Waals surface area contributed by atoms with Crippen LogP contribution in [0.4, 0.5) is 0 Å². The van der Waals surface area contributed by atoms with Gasteiger partial charge in [-0.2, -0.15) is 0 Å². The summed E-state index contributed by atoms with van der Waals surface area (Å²) in [5, 5.41) is 0. The summed E-state index contributed by atoms with van der Waals surface area (Å²) < 4.78 is 38.7. The van der Waals surface area contributed by atoms with Gasteiger partial charge in [0, 0.05) is 19.0 Å². The number of hydrogen-bond donors (Lipinski definition) is 1. The molecule has 1 aromatic carbocycles. The molecule has 4 bridgehead atoms. The Hall–Kier alpha value is -1.64. The van der Waals surface area contributed by atoms with E-state index in [2.05, 4.69) is 16.9 Å². The maximum Gasteiger partial charge on any atom is 0.223 e. The fraction of sp³-hybridized carbons (Fsp3) is 0.682. The summed E-state index contributed by atoms with van der Waals surface area (Å²) in [5.41, 5.74) is 1.28. The smallest absolute Gasteiger partial charge is 0.223 e. The number of benzene rings is 1. The molecule has 4 rings (SSSR count). The van der Waals surface area contributed by atoms with Crippen LogP contribution in [0.1, 0.15) is 56.4 Å². The topological polar surface area (TPSA) is 84.9 Å². The van der Waals surface area contributed by atoms with Gasteiger partial charge in [-0.05, 0) is 62.1 Å². The number of amides is 1. The third-order valence-electron chi connectivity index (χ3n) is 6.49. The number of fused-ring (bicyclic) bond motifs is 6. The predicted octanol–water partition coefficient (Wildman–Crippen LogP) is 2.42. The Morgan fingerprint density at radius 3 is 2.87 bits per heavy atom. The second-order valence-corrected chi connectivity index (χ2v) is 10.6. The summed E-state index contributed by atoms with van der Waals surface area (Å²) >= 11 is 0. The van der Waals surface area contributed by atoms with Crippen LogP contribution in [0.5, 0.6) is 5.75 Å². The van der Waals surface area contributed by atoms with Gasteiger partial charge in [0.2, 0.25) is 15.9 Å². The van der Waals surface area contributed by atoms with Crippen LogP contribution in [0.2, 0.25) is 0 Å². The highest BCUT2D eigenvalue weighted by molar-refractivity contribution is 7.88. The van der Waals surface area contributed by atoms with Crippen LogP contribution in [-0.4, -0.2) is 63.4 Å². The number of carbonyl (C=O) groups excluding carboxylic acids is 1. The first kappa shape index (κ1) is 21.6. The molecule has 8 heteroatoms. The molecule has 0 unspecified atom stereocenters. The van der Waals surface area contributed by atoms with Crippen LogP contribution in [0.3, 0.4) is 0 Å². The summed E-state index contributed by atoms with van der Waals surface area (Å²) in [4.78, 5) is 14.8. The van der Waals surface area contributed by atoms with E-state index in [9.17, 15) is 13.2 Å². The average Bonchev–Trinajstić information content (AvgIpc) is 3.17. The van der Waals surface area contributed by atoms with Gasteiger partial charge in [0.25, 0.3) is 0 Å². The molecular formula is C22H32N2O5S. The quantitative estimate of drug-likeness (QED) is 0.770. The zero-order chi connectivity index (χ0) is 21.1. The van der Waals surface area contributed by atoms with E-state index in [4.69, 9.17) is 9.47 Å². The largest absolute Gasteiger partial charge is 0.494 e. The average molecular weight is 437 g/mol. The second kappa shape index (κ2) is 9.24. The standard InChI is InChI=1S/C22H32N2O5S/c1-30(26,27)23-20-7-3-11-24-21(20)15-29-19-10-9-17(14-19)16-5-2-6-18(13-16)28-12-4-8-22(24)25/h2,5-6,13,17,19-21,23H,3-4,7-12,14-15H2,1H3/t17-,19+,20-,21-/m1/s1. The minimum absolute atomic E-state index is 0.0418. The molecule has 2 fully saturated rings. The Labute approximate surface area is 179 Å². The van der Waals surface area contributed by atoms with Crippen LogP contribution in [-0.2, 0) is 19.6 Å². The van der Waals surface area contributed by atoms with Gasteiger partial charge in [-0.1, -0.05) is 12.1 Å². The maximum absolute atomic E-state index is 13.0. The normalized spacial score (nSPS) is 30.7. The van der Waals surface area contributed by atoms with E-state index in [1.54, 1.807) is 0 Å². The number of rotatable bonds is 2. The number of carbonyl (C=O) groups is 1. The van der Waals surface area contributed by atoms with Crippen LogP contribution in [0.15, 0.2) is 24.3 Å². The molecule has 0 radical (unpaired) electrons. The van der Waals surface area contributed by atoms with E-state index in [-0.39, 0.29) is 24.1 Å². The van der Waals surface area contributed by atoms with Crippen molar-refractivity contribution in [2.45, 2.75) is 69.1 Å². The first-order valence-corrected chi connectivity index (χ1v) is 12.9. The fourth-order valence-corrected chi connectivity index (χ4v) is 5.85. The Kier molecular flexibility index (Phi) is 6.65. The minimum Gasteiger partial charge on any atom is -0.494 e. The van der Waals surface area contributed by atoms with Gasteiger partial charge in [-0.3, -0.25) is 4.79 Å². The van der Waals surface area contributed by atoms with Gasteiger partial charge in [0.1, 0.15) is 5.75 Å². The minimum atomic E-state index is -3.36. The van der Waals surface area contributed by atoms with Crippen molar-refractivity contribution in [3.63, 3.8) is 0 Å². The SMILES string of the molecule is CS(=O)(=O)N[C@@H]1CCCN2C(=O)CCCOc3cccc(c3)[C@@H]3CC[C@@H](C3)OC[C@H]12. The molecule has 1 N–H and O–H groups in total. The molecule has 2 heterocycles. The van der Waals surface area contributed by atoms with Crippen molar-refractivity contribution in [1.29, 1.82) is 0 Å². The van der Waals surface area contributed by atoms with Crippen molar-refractivity contribution in [2.24, 2.45) is 0 Å². The molecular weight excluding hydrogens is 404 g/mol. The van der Waals surface area contributed by atoms with Gasteiger partial charge in [0.05, 0.1) is 31.6 Å². The molecule has 30 heavy (non-hydrogen) atoms. The summed E-state index contributed by atoms with van der Waals surface area (Å²) in [5.74, 6) is 1.34. The summed E-state index contributed by atoms with van der Waals surface area (Å²) in [6.45, 7) is 1.50. The molecule has 1 aromatic rings. The number of nitrogens with zero attached hydrogens (tertiary/aromatic N) is 1. The van der Waals surface area contributed by atoms with E-state index in [0.29, 0.717) is 44.9 Å². The predicted molar refractivity (Wildman–Crippen MR) is 114 cm³/mol. The lowest BCUT2D eigenvalue weighted by atomic mass is 9.96. The molecule has 1 saturated heterocycles. The highest BCUT2D eigenvalue weighted by Crippen LogP contribution is 2.37. The molecule has 4 atom stereocenters. The Morgan fingerprint density at radius 2 is 2.03 bits per heavy atom. The van der Waals surface area contributed by atoms with Crippen LogP contribution >= 0.6 is 0 Å². The van der Waals surface area contributed by atoms with Gasteiger partial charge in [0.15, 0.2) is 0 Å². The molecule has 3 aliphatic rings. The maximum atomic E-state index is 13.0. The summed E-state index contributed by atoms with van der Waals surface area (Å²) in [7, 11) is -3.36. The summed E-state index contributed by atoms with van der Waals surface area (Å²) in [6, 6.07) is 7.68. The van der Waals surface area contributed by atoms with Gasteiger partial charge < -0.3 is 14.4 Å². The van der Waals surface area contributed by atoms with E-state index in [1.807, 2.05) is 17.0 Å². The fourth-order valence-electron chi connectivity index (χ4n) is 5.03. The zero-order valence-electron chi connectivity index (χ0n) is 17.6. The third kappa shape index (κ3) is 5.34. The number of piperidine rings is 1.